The molecule has 0 spiro atoms. The minimum atomic E-state index is -1.02. The first-order valence-corrected chi connectivity index (χ1v) is 14.1. The molecule has 1 amide bonds. The molecule has 1 aliphatic carbocycles. The van der Waals surface area contributed by atoms with Crippen molar-refractivity contribution >= 4 is 42.5 Å². The number of carboxylic acid groups (broad SMARTS) is 1. The first-order valence-electron chi connectivity index (χ1n) is 12.8. The second-order valence-corrected chi connectivity index (χ2v) is 10.7. The van der Waals surface area contributed by atoms with Gasteiger partial charge in [-0.25, -0.2) is 4.79 Å². The number of benzene rings is 2. The SMILES string of the molecule is CSC(COCCCC1CCCCC1)CC(NC(=O)c1ccccc1-c1ccccc1C)C(=O)O.[LiH]. The van der Waals surface area contributed by atoms with E-state index in [0.29, 0.717) is 25.2 Å². The third kappa shape index (κ3) is 9.30. The fourth-order valence-electron chi connectivity index (χ4n) is 4.91. The molecule has 2 aromatic carbocycles. The molecule has 0 aromatic heterocycles. The van der Waals surface area contributed by atoms with E-state index in [4.69, 9.17) is 4.74 Å². The Balaban J connectivity index is 0.00000456. The van der Waals surface area contributed by atoms with Crippen LogP contribution in [0.3, 0.4) is 0 Å². The summed E-state index contributed by atoms with van der Waals surface area (Å²) in [5.41, 5.74) is 3.31. The van der Waals surface area contributed by atoms with Crippen LogP contribution in [0.15, 0.2) is 48.5 Å². The molecule has 1 saturated carbocycles. The Morgan fingerprint density at radius 3 is 2.39 bits per heavy atom. The molecule has 0 saturated heterocycles. The number of aryl methyl sites for hydroxylation is 1. The van der Waals surface area contributed by atoms with E-state index in [0.717, 1.165) is 29.0 Å². The van der Waals surface area contributed by atoms with E-state index < -0.39 is 12.0 Å². The van der Waals surface area contributed by atoms with Crippen molar-refractivity contribution in [1.82, 2.24) is 5.32 Å². The Hall–Kier alpha value is -1.71. The quantitative estimate of drug-likeness (QED) is 0.270. The summed E-state index contributed by atoms with van der Waals surface area (Å²) in [6.45, 7) is 3.20. The van der Waals surface area contributed by atoms with E-state index >= 15 is 0 Å². The molecule has 1 aliphatic rings. The monoisotopic (exact) mass is 505 g/mol. The van der Waals surface area contributed by atoms with Crippen LogP contribution in [0, 0.1) is 12.8 Å². The Morgan fingerprint density at radius 1 is 1.06 bits per heavy atom. The van der Waals surface area contributed by atoms with Crippen LogP contribution in [-0.2, 0) is 9.53 Å². The summed E-state index contributed by atoms with van der Waals surface area (Å²) in [5.74, 6) is -0.551. The molecule has 7 heteroatoms. The molecule has 0 heterocycles. The summed E-state index contributed by atoms with van der Waals surface area (Å²) >= 11 is 1.59. The van der Waals surface area contributed by atoms with Gasteiger partial charge in [-0.3, -0.25) is 4.79 Å². The van der Waals surface area contributed by atoms with Gasteiger partial charge in [0.2, 0.25) is 0 Å². The molecule has 192 valence electrons. The molecular formula is C29H40LiNO4S. The number of rotatable bonds is 13. The van der Waals surface area contributed by atoms with Gasteiger partial charge in [-0.1, -0.05) is 74.6 Å². The molecule has 2 unspecified atom stereocenters. The zero-order valence-corrected chi connectivity index (χ0v) is 21.8. The third-order valence-corrected chi connectivity index (χ3v) is 7.97. The van der Waals surface area contributed by atoms with E-state index in [2.05, 4.69) is 5.32 Å². The number of hydrogen-bond acceptors (Lipinski definition) is 4. The van der Waals surface area contributed by atoms with E-state index in [1.165, 1.54) is 38.5 Å². The molecule has 2 aromatic rings. The predicted octanol–water partition coefficient (Wildman–Crippen LogP) is 5.70. The van der Waals surface area contributed by atoms with Gasteiger partial charge in [-0.15, -0.1) is 0 Å². The Morgan fingerprint density at radius 2 is 1.72 bits per heavy atom. The van der Waals surface area contributed by atoms with Crippen molar-refractivity contribution in [2.24, 2.45) is 5.92 Å². The van der Waals surface area contributed by atoms with Crippen molar-refractivity contribution in [3.8, 4) is 11.1 Å². The molecule has 2 N–H and O–H groups in total. The summed E-state index contributed by atoms with van der Waals surface area (Å²) in [6, 6.07) is 14.2. The summed E-state index contributed by atoms with van der Waals surface area (Å²) in [4.78, 5) is 25.2. The van der Waals surface area contributed by atoms with Crippen LogP contribution in [-0.4, -0.2) is 66.6 Å². The number of nitrogens with one attached hydrogen (secondary N) is 1. The van der Waals surface area contributed by atoms with Crippen molar-refractivity contribution in [3.63, 3.8) is 0 Å². The maximum atomic E-state index is 13.2. The average molecular weight is 506 g/mol. The fourth-order valence-corrected chi connectivity index (χ4v) is 5.53. The fraction of sp³-hybridized carbons (Fsp3) is 0.517. The van der Waals surface area contributed by atoms with Crippen molar-refractivity contribution in [2.45, 2.75) is 69.6 Å². The average Bonchev–Trinajstić information content (AvgIpc) is 2.88. The van der Waals surface area contributed by atoms with Crippen LogP contribution >= 0.6 is 11.8 Å². The number of hydrogen-bond donors (Lipinski definition) is 2. The normalized spacial score (nSPS) is 15.5. The third-order valence-electron chi connectivity index (χ3n) is 6.97. The van der Waals surface area contributed by atoms with E-state index in [1.807, 2.05) is 49.6 Å². The molecule has 36 heavy (non-hydrogen) atoms. The van der Waals surface area contributed by atoms with Crippen LogP contribution in [0.1, 0.15) is 67.3 Å². The van der Waals surface area contributed by atoms with Crippen molar-refractivity contribution in [3.05, 3.63) is 59.7 Å². The van der Waals surface area contributed by atoms with Gasteiger partial charge < -0.3 is 15.2 Å². The summed E-state index contributed by atoms with van der Waals surface area (Å²) in [5, 5.41) is 12.6. The van der Waals surface area contributed by atoms with Gasteiger partial charge in [0.05, 0.1) is 6.61 Å². The standard InChI is InChI=1S/C29H39NO4S.Li.H/c1-21-11-6-7-15-24(21)25-16-8-9-17-26(25)28(31)30-27(29(32)33)19-23(35-2)20-34-18-10-14-22-12-4-3-5-13-22;;/h6-9,11,15-17,22-23,27H,3-5,10,12-14,18-20H2,1-2H3,(H,30,31)(H,32,33);;. The summed E-state index contributed by atoms with van der Waals surface area (Å²) in [6.07, 6.45) is 11.3. The van der Waals surface area contributed by atoms with Crippen molar-refractivity contribution in [1.29, 1.82) is 0 Å². The molecule has 0 bridgehead atoms. The Labute approximate surface area is 232 Å². The van der Waals surface area contributed by atoms with E-state index in [9.17, 15) is 14.7 Å². The van der Waals surface area contributed by atoms with Crippen LogP contribution in [0.25, 0.3) is 11.1 Å². The van der Waals surface area contributed by atoms with Crippen LogP contribution in [0.4, 0.5) is 0 Å². The number of aliphatic carboxylic acids is 1. The number of carboxylic acids is 1. The molecule has 3 rings (SSSR count). The predicted molar refractivity (Wildman–Crippen MR) is 151 cm³/mol. The maximum absolute atomic E-state index is 13.2. The van der Waals surface area contributed by atoms with Crippen molar-refractivity contribution in [2.75, 3.05) is 19.5 Å². The summed E-state index contributed by atoms with van der Waals surface area (Å²) in [7, 11) is 0. The molecule has 0 radical (unpaired) electrons. The first kappa shape index (κ1) is 30.5. The number of ether oxygens (including phenoxy) is 1. The number of carbonyl (C=O) groups excluding carboxylic acids is 1. The second-order valence-electron chi connectivity index (χ2n) is 9.54. The van der Waals surface area contributed by atoms with Gasteiger partial charge in [0, 0.05) is 17.4 Å². The number of amides is 1. The number of carbonyl (C=O) groups is 2. The first-order chi connectivity index (χ1) is 17.0. The molecule has 5 nitrogen and oxygen atoms in total. The van der Waals surface area contributed by atoms with Gasteiger partial charge in [0.1, 0.15) is 6.04 Å². The van der Waals surface area contributed by atoms with Gasteiger partial charge in [0.25, 0.3) is 5.91 Å². The number of thioether (sulfide) groups is 1. The zero-order valence-electron chi connectivity index (χ0n) is 21.0. The molecule has 1 fully saturated rings. The van der Waals surface area contributed by atoms with Crippen LogP contribution in [0.2, 0.25) is 0 Å². The molecule has 0 aliphatic heterocycles. The Bertz CT molecular complexity index is 964. The van der Waals surface area contributed by atoms with Gasteiger partial charge in [0.15, 0.2) is 0 Å². The summed E-state index contributed by atoms with van der Waals surface area (Å²) < 4.78 is 5.91. The van der Waals surface area contributed by atoms with Crippen LogP contribution in [0.5, 0.6) is 0 Å². The molecule has 2 atom stereocenters. The Kier molecular flexibility index (Phi) is 13.7. The second kappa shape index (κ2) is 16.2. The van der Waals surface area contributed by atoms with Crippen LogP contribution < -0.4 is 5.32 Å². The van der Waals surface area contributed by atoms with Gasteiger partial charge in [-0.2, -0.15) is 11.8 Å². The van der Waals surface area contributed by atoms with E-state index in [1.54, 1.807) is 23.9 Å². The van der Waals surface area contributed by atoms with Gasteiger partial charge >= 0.3 is 24.8 Å². The van der Waals surface area contributed by atoms with Gasteiger partial charge in [-0.05, 0) is 61.1 Å². The van der Waals surface area contributed by atoms with E-state index in [-0.39, 0.29) is 30.0 Å². The minimum absolute atomic E-state index is 0. The zero-order chi connectivity index (χ0) is 25.0. The van der Waals surface area contributed by atoms with Crippen molar-refractivity contribution < 1.29 is 19.4 Å². The topological polar surface area (TPSA) is 75.6 Å². The molecular weight excluding hydrogens is 465 g/mol.